The van der Waals surface area contributed by atoms with Gasteiger partial charge in [-0.25, -0.2) is 4.98 Å². The summed E-state index contributed by atoms with van der Waals surface area (Å²) in [7, 11) is -2.15. The minimum absolute atomic E-state index is 0.0251. The summed E-state index contributed by atoms with van der Waals surface area (Å²) in [6.07, 6.45) is 3.50. The zero-order valence-corrected chi connectivity index (χ0v) is 14.4. The van der Waals surface area contributed by atoms with Crippen molar-refractivity contribution in [2.75, 3.05) is 13.2 Å². The van der Waals surface area contributed by atoms with Gasteiger partial charge in [0.15, 0.2) is 8.32 Å². The van der Waals surface area contributed by atoms with Crippen LogP contribution in [0.25, 0.3) is 0 Å². The lowest BCUT2D eigenvalue weighted by atomic mass is 10.1. The van der Waals surface area contributed by atoms with Crippen molar-refractivity contribution < 1.29 is 9.53 Å². The van der Waals surface area contributed by atoms with E-state index in [1.165, 1.54) is 0 Å². The van der Waals surface area contributed by atoms with Gasteiger partial charge in [0.2, 0.25) is 5.88 Å². The first kappa shape index (κ1) is 17.7. The molecule has 0 radical (unpaired) electrons. The van der Waals surface area contributed by atoms with Gasteiger partial charge in [-0.15, -0.1) is 0 Å². The van der Waals surface area contributed by atoms with Gasteiger partial charge in [-0.3, -0.25) is 0 Å². The summed E-state index contributed by atoms with van der Waals surface area (Å²) in [4.78, 5) is 14.5. The molecule has 0 spiro atoms. The van der Waals surface area contributed by atoms with E-state index in [1.54, 1.807) is 6.20 Å². The fraction of sp³-hybridized carbons (Fsp3) is 0.562. The second kappa shape index (κ2) is 7.60. The Balaban J connectivity index is 2.54. The molecule has 0 bridgehead atoms. The van der Waals surface area contributed by atoms with E-state index in [0.29, 0.717) is 19.0 Å². The first-order valence-corrected chi connectivity index (χ1v) is 10.2. The molecule has 0 amide bonds. The van der Waals surface area contributed by atoms with E-state index in [0.717, 1.165) is 18.4 Å². The average Bonchev–Trinajstić information content (AvgIpc) is 2.41. The lowest BCUT2D eigenvalue weighted by Crippen LogP contribution is -2.39. The topological polar surface area (TPSA) is 68.4 Å². The monoisotopic (exact) mass is 306 g/mol. The molecule has 1 heterocycles. The van der Waals surface area contributed by atoms with Crippen molar-refractivity contribution in [2.45, 2.75) is 44.8 Å². The van der Waals surface area contributed by atoms with Crippen LogP contribution in [0.15, 0.2) is 18.3 Å². The number of hydrogen-bond acceptors (Lipinski definition) is 4. The standard InChI is InChI=1S/C16H26N2O2Si/c1-16(2,21(3,4)19)10-7-13-20-15-14(8-5-11-17)9-6-12-18-15/h6,9,12,19H,7,10-11,13,17H2,1-4H3. The highest BCUT2D eigenvalue weighted by Gasteiger charge is 2.37. The first-order valence-electron chi connectivity index (χ1n) is 7.27. The van der Waals surface area contributed by atoms with Gasteiger partial charge in [0.05, 0.1) is 18.7 Å². The Labute approximate surface area is 128 Å². The van der Waals surface area contributed by atoms with Crippen molar-refractivity contribution in [3.63, 3.8) is 0 Å². The van der Waals surface area contributed by atoms with E-state index in [9.17, 15) is 4.80 Å². The van der Waals surface area contributed by atoms with Gasteiger partial charge in [0.25, 0.3) is 0 Å². The minimum Gasteiger partial charge on any atom is -0.477 e. The van der Waals surface area contributed by atoms with E-state index >= 15 is 0 Å². The molecule has 0 fully saturated rings. The van der Waals surface area contributed by atoms with E-state index in [2.05, 4.69) is 30.7 Å². The Morgan fingerprint density at radius 3 is 2.76 bits per heavy atom. The predicted molar refractivity (Wildman–Crippen MR) is 88.6 cm³/mol. The van der Waals surface area contributed by atoms with E-state index in [1.807, 2.05) is 25.2 Å². The highest BCUT2D eigenvalue weighted by molar-refractivity contribution is 6.72. The summed E-state index contributed by atoms with van der Waals surface area (Å²) < 4.78 is 5.72. The summed E-state index contributed by atoms with van der Waals surface area (Å²) in [5.41, 5.74) is 6.15. The highest BCUT2D eigenvalue weighted by Crippen LogP contribution is 2.39. The van der Waals surface area contributed by atoms with Crippen molar-refractivity contribution in [1.82, 2.24) is 4.98 Å². The number of nitrogens with zero attached hydrogens (tertiary/aromatic N) is 1. The quantitative estimate of drug-likeness (QED) is 0.481. The third-order valence-electron chi connectivity index (χ3n) is 3.94. The van der Waals surface area contributed by atoms with E-state index in [4.69, 9.17) is 10.5 Å². The molecule has 1 aromatic rings. The minimum atomic E-state index is -2.15. The molecule has 0 saturated heterocycles. The van der Waals surface area contributed by atoms with Crippen LogP contribution in [0.2, 0.25) is 18.1 Å². The normalized spacial score (nSPS) is 11.7. The maximum absolute atomic E-state index is 10.3. The predicted octanol–water partition coefficient (Wildman–Crippen LogP) is 2.53. The van der Waals surface area contributed by atoms with Gasteiger partial charge in [-0.05, 0) is 43.1 Å². The van der Waals surface area contributed by atoms with Gasteiger partial charge < -0.3 is 15.3 Å². The van der Waals surface area contributed by atoms with Crippen molar-refractivity contribution in [2.24, 2.45) is 5.73 Å². The van der Waals surface area contributed by atoms with Crippen LogP contribution >= 0.6 is 0 Å². The van der Waals surface area contributed by atoms with Crippen molar-refractivity contribution in [3.8, 4) is 17.7 Å². The van der Waals surface area contributed by atoms with Crippen LogP contribution in [-0.4, -0.2) is 31.2 Å². The van der Waals surface area contributed by atoms with Crippen LogP contribution in [0.1, 0.15) is 32.3 Å². The molecular formula is C16H26N2O2Si. The van der Waals surface area contributed by atoms with Gasteiger partial charge in [0, 0.05) is 6.20 Å². The SMILES string of the molecule is CC(C)(CCCOc1ncccc1C#CCN)[Si](C)(C)O. The molecule has 0 aliphatic carbocycles. The smallest absolute Gasteiger partial charge is 0.229 e. The third-order valence-corrected chi connectivity index (χ3v) is 7.50. The van der Waals surface area contributed by atoms with Crippen molar-refractivity contribution in [1.29, 1.82) is 0 Å². The zero-order chi connectivity index (χ0) is 15.9. The van der Waals surface area contributed by atoms with Gasteiger partial charge in [-0.1, -0.05) is 25.7 Å². The Morgan fingerprint density at radius 1 is 1.43 bits per heavy atom. The molecule has 0 aliphatic rings. The lowest BCUT2D eigenvalue weighted by Gasteiger charge is -2.35. The van der Waals surface area contributed by atoms with Crippen LogP contribution in [0.3, 0.4) is 0 Å². The second-order valence-electron chi connectivity index (χ2n) is 6.26. The number of hydrogen-bond donors (Lipinski definition) is 2. The highest BCUT2D eigenvalue weighted by atomic mass is 28.4. The Morgan fingerprint density at radius 2 is 2.14 bits per heavy atom. The maximum Gasteiger partial charge on any atom is 0.229 e. The van der Waals surface area contributed by atoms with Crippen LogP contribution in [0, 0.1) is 11.8 Å². The van der Waals surface area contributed by atoms with Crippen LogP contribution < -0.4 is 10.5 Å². The Kier molecular flexibility index (Phi) is 6.40. The summed E-state index contributed by atoms with van der Waals surface area (Å²) in [6.45, 7) is 9.09. The fourth-order valence-electron chi connectivity index (χ4n) is 1.74. The number of rotatable bonds is 6. The number of pyridine rings is 1. The zero-order valence-electron chi connectivity index (χ0n) is 13.4. The number of nitrogens with two attached hydrogens (primary N) is 1. The molecule has 4 nitrogen and oxygen atoms in total. The van der Waals surface area contributed by atoms with E-state index in [-0.39, 0.29) is 5.04 Å². The van der Waals surface area contributed by atoms with E-state index < -0.39 is 8.32 Å². The molecule has 5 heteroatoms. The summed E-state index contributed by atoms with van der Waals surface area (Å²) in [5.74, 6) is 6.32. The van der Waals surface area contributed by atoms with Crippen LogP contribution in [-0.2, 0) is 0 Å². The fourth-order valence-corrected chi connectivity index (χ4v) is 2.52. The van der Waals surface area contributed by atoms with Gasteiger partial charge >= 0.3 is 0 Å². The number of ether oxygens (including phenoxy) is 1. The molecule has 21 heavy (non-hydrogen) atoms. The van der Waals surface area contributed by atoms with Crippen molar-refractivity contribution >= 4 is 8.32 Å². The molecule has 3 N–H and O–H groups in total. The average molecular weight is 306 g/mol. The van der Waals surface area contributed by atoms with Crippen molar-refractivity contribution in [3.05, 3.63) is 23.9 Å². The number of aromatic nitrogens is 1. The summed E-state index contributed by atoms with van der Waals surface area (Å²) >= 11 is 0. The van der Waals surface area contributed by atoms with Gasteiger partial charge in [-0.2, -0.15) is 0 Å². The van der Waals surface area contributed by atoms with Crippen LogP contribution in [0.4, 0.5) is 0 Å². The Hall–Kier alpha value is -1.35. The third kappa shape index (κ3) is 5.50. The summed E-state index contributed by atoms with van der Waals surface area (Å²) in [6, 6.07) is 3.70. The molecule has 0 aromatic carbocycles. The summed E-state index contributed by atoms with van der Waals surface area (Å²) in [5, 5.41) is -0.0251. The molecule has 0 atom stereocenters. The molecule has 0 unspecified atom stereocenters. The molecule has 0 saturated carbocycles. The Bertz CT molecular complexity index is 513. The first-order chi connectivity index (χ1) is 9.78. The molecular weight excluding hydrogens is 280 g/mol. The second-order valence-corrected chi connectivity index (χ2v) is 10.7. The largest absolute Gasteiger partial charge is 0.477 e. The van der Waals surface area contributed by atoms with Crippen LogP contribution in [0.5, 0.6) is 5.88 Å². The molecule has 1 aromatic heterocycles. The lowest BCUT2D eigenvalue weighted by molar-refractivity contribution is 0.284. The maximum atomic E-state index is 10.3. The molecule has 116 valence electrons. The van der Waals surface area contributed by atoms with Gasteiger partial charge in [0.1, 0.15) is 0 Å². The molecule has 1 rings (SSSR count). The molecule has 0 aliphatic heterocycles.